The van der Waals surface area contributed by atoms with Crippen LogP contribution in [0.15, 0.2) is 60.4 Å². The average Bonchev–Trinajstić information content (AvgIpc) is 3.61. The van der Waals surface area contributed by atoms with Crippen molar-refractivity contribution in [2.45, 2.75) is 19.1 Å². The predicted octanol–water partition coefficient (Wildman–Crippen LogP) is 2.84. The highest BCUT2D eigenvalue weighted by molar-refractivity contribution is 7.90. The van der Waals surface area contributed by atoms with Gasteiger partial charge in [-0.15, -0.1) is 11.3 Å². The minimum atomic E-state index is -3.40. The van der Waals surface area contributed by atoms with Gasteiger partial charge in [-0.05, 0) is 50.5 Å². The van der Waals surface area contributed by atoms with Crippen LogP contribution in [0.25, 0.3) is 27.5 Å². The minimum Gasteiger partial charge on any atom is -0.374 e. The Balaban J connectivity index is 1.50. The molecule has 0 spiro atoms. The van der Waals surface area contributed by atoms with E-state index in [9.17, 15) is 13.2 Å². The molecule has 5 rings (SSSR count). The van der Waals surface area contributed by atoms with E-state index in [-0.39, 0.29) is 19.0 Å². The van der Waals surface area contributed by atoms with E-state index in [1.807, 2.05) is 48.5 Å². The molecule has 11 nitrogen and oxygen atoms in total. The van der Waals surface area contributed by atoms with Crippen LogP contribution in [0.1, 0.15) is 24.2 Å². The molecule has 40 heavy (non-hydrogen) atoms. The monoisotopic (exact) mass is 580 g/mol. The number of amides is 1. The first kappa shape index (κ1) is 27.7. The maximum Gasteiger partial charge on any atom is 0.251 e. The van der Waals surface area contributed by atoms with Gasteiger partial charge in [0.1, 0.15) is 11.1 Å². The normalized spacial score (nSPS) is 13.8. The van der Waals surface area contributed by atoms with Gasteiger partial charge >= 0.3 is 0 Å². The number of thiophene rings is 1. The standard InChI is InChI=1S/C27H32N8O3S2/c1-5-33(6-2)18(3)14-29-27(36)19-12-23(31-25(13-19)34-16-20(17-34)40(37,38)28-4)21-15-30-35-10-9-22(32-26(21)35)24-8-7-11-39-24/h7-13,15,20,28H,3,5-6,14,16-17H2,1-2,4H3,(H,29,36). The third kappa shape index (κ3) is 5.44. The van der Waals surface area contributed by atoms with Gasteiger partial charge in [0.15, 0.2) is 5.65 Å². The van der Waals surface area contributed by atoms with E-state index in [2.05, 4.69) is 26.6 Å². The summed E-state index contributed by atoms with van der Waals surface area (Å²) in [5.74, 6) is 0.239. The third-order valence-electron chi connectivity index (χ3n) is 7.05. The number of nitrogens with one attached hydrogen (secondary N) is 2. The lowest BCUT2D eigenvalue weighted by Gasteiger charge is -2.39. The van der Waals surface area contributed by atoms with Gasteiger partial charge in [0.05, 0.1) is 34.6 Å². The van der Waals surface area contributed by atoms with E-state index in [4.69, 9.17) is 9.97 Å². The molecule has 0 aromatic carbocycles. The fraction of sp³-hybridized carbons (Fsp3) is 0.333. The highest BCUT2D eigenvalue weighted by Crippen LogP contribution is 2.31. The first-order chi connectivity index (χ1) is 19.2. The summed E-state index contributed by atoms with van der Waals surface area (Å²) >= 11 is 1.60. The van der Waals surface area contributed by atoms with E-state index in [1.54, 1.807) is 34.2 Å². The van der Waals surface area contributed by atoms with Gasteiger partial charge < -0.3 is 15.1 Å². The number of hydrogen-bond acceptors (Lipinski definition) is 9. The maximum absolute atomic E-state index is 13.3. The van der Waals surface area contributed by atoms with Crippen LogP contribution in [0.3, 0.4) is 0 Å². The molecule has 1 saturated heterocycles. The molecule has 1 fully saturated rings. The lowest BCUT2D eigenvalue weighted by atomic mass is 10.1. The SMILES string of the molecule is C=C(CNC(=O)c1cc(-c2cnn3ccc(-c4cccs4)nc23)nc(N2CC(S(=O)(=O)NC)C2)c1)N(CC)CC. The highest BCUT2D eigenvalue weighted by Gasteiger charge is 2.37. The average molecular weight is 581 g/mol. The summed E-state index contributed by atoms with van der Waals surface area (Å²) < 4.78 is 28.6. The molecular formula is C27H32N8O3S2. The lowest BCUT2D eigenvalue weighted by molar-refractivity contribution is 0.0954. The summed E-state index contributed by atoms with van der Waals surface area (Å²) in [5, 5.41) is 8.86. The smallest absolute Gasteiger partial charge is 0.251 e. The second kappa shape index (κ2) is 11.4. The molecule has 1 aliphatic rings. The number of rotatable bonds is 11. The Morgan fingerprint density at radius 3 is 2.62 bits per heavy atom. The number of likely N-dealkylation sites (N-methyl/N-ethyl adjacent to an activating group) is 1. The van der Waals surface area contributed by atoms with Crippen LogP contribution < -0.4 is 14.9 Å². The fourth-order valence-electron chi connectivity index (χ4n) is 4.61. The van der Waals surface area contributed by atoms with Crippen molar-refractivity contribution in [1.29, 1.82) is 0 Å². The van der Waals surface area contributed by atoms with Crippen LogP contribution in [0.2, 0.25) is 0 Å². The molecule has 5 heterocycles. The van der Waals surface area contributed by atoms with Crippen molar-refractivity contribution in [2.75, 3.05) is 44.7 Å². The van der Waals surface area contributed by atoms with Crippen LogP contribution in [-0.2, 0) is 10.0 Å². The number of carbonyl (C=O) groups excluding carboxylic acids is 1. The first-order valence-electron chi connectivity index (χ1n) is 13.0. The molecule has 0 atom stereocenters. The minimum absolute atomic E-state index is 0.273. The van der Waals surface area contributed by atoms with E-state index >= 15 is 0 Å². The Bertz CT molecular complexity index is 1640. The molecule has 210 valence electrons. The lowest BCUT2D eigenvalue weighted by Crippen LogP contribution is -2.57. The first-order valence-corrected chi connectivity index (χ1v) is 15.5. The second-order valence-corrected chi connectivity index (χ2v) is 12.5. The molecule has 0 bridgehead atoms. The van der Waals surface area contributed by atoms with Crippen LogP contribution in [0, 0.1) is 0 Å². The quantitative estimate of drug-likeness (QED) is 0.278. The van der Waals surface area contributed by atoms with Crippen molar-refractivity contribution in [1.82, 2.24) is 34.5 Å². The molecule has 1 aliphatic heterocycles. The van der Waals surface area contributed by atoms with Gasteiger partial charge in [0.25, 0.3) is 5.91 Å². The number of carbonyl (C=O) groups is 1. The van der Waals surface area contributed by atoms with E-state index in [1.165, 1.54) is 7.05 Å². The molecule has 0 radical (unpaired) electrons. The molecule has 4 aromatic heterocycles. The topological polar surface area (TPSA) is 125 Å². The molecule has 13 heteroatoms. The Kier molecular flexibility index (Phi) is 7.88. The Morgan fingerprint density at radius 1 is 1.18 bits per heavy atom. The fourth-order valence-corrected chi connectivity index (χ4v) is 6.39. The molecule has 0 aliphatic carbocycles. The van der Waals surface area contributed by atoms with Crippen molar-refractivity contribution in [3.8, 4) is 21.8 Å². The molecule has 2 N–H and O–H groups in total. The highest BCUT2D eigenvalue weighted by atomic mass is 32.2. The Labute approximate surface area is 237 Å². The third-order valence-corrected chi connectivity index (χ3v) is 9.69. The number of aromatic nitrogens is 4. The second-order valence-electron chi connectivity index (χ2n) is 9.41. The summed E-state index contributed by atoms with van der Waals surface area (Å²) in [4.78, 5) is 28.0. The molecular weight excluding hydrogens is 548 g/mol. The number of hydrogen-bond donors (Lipinski definition) is 2. The van der Waals surface area contributed by atoms with Crippen LogP contribution in [-0.4, -0.2) is 83.8 Å². The number of anilines is 1. The van der Waals surface area contributed by atoms with Crippen molar-refractivity contribution in [3.63, 3.8) is 0 Å². The summed E-state index contributed by atoms with van der Waals surface area (Å²) in [6, 6.07) is 9.30. The predicted molar refractivity (Wildman–Crippen MR) is 158 cm³/mol. The zero-order chi connectivity index (χ0) is 28.4. The van der Waals surface area contributed by atoms with Crippen LogP contribution >= 0.6 is 11.3 Å². The largest absolute Gasteiger partial charge is 0.374 e. The van der Waals surface area contributed by atoms with Gasteiger partial charge in [-0.1, -0.05) is 12.6 Å². The van der Waals surface area contributed by atoms with Gasteiger partial charge in [-0.25, -0.2) is 27.6 Å². The summed E-state index contributed by atoms with van der Waals surface area (Å²) in [7, 11) is -1.99. The zero-order valence-corrected chi connectivity index (χ0v) is 24.3. The Morgan fingerprint density at radius 2 is 1.95 bits per heavy atom. The van der Waals surface area contributed by atoms with Crippen molar-refractivity contribution < 1.29 is 13.2 Å². The summed E-state index contributed by atoms with van der Waals surface area (Å²) in [6.45, 7) is 10.6. The number of fused-ring (bicyclic) bond motifs is 1. The molecule has 0 unspecified atom stereocenters. The summed E-state index contributed by atoms with van der Waals surface area (Å²) in [6.07, 6.45) is 3.53. The molecule has 1 amide bonds. The maximum atomic E-state index is 13.3. The van der Waals surface area contributed by atoms with Crippen molar-refractivity contribution in [3.05, 3.63) is 65.9 Å². The van der Waals surface area contributed by atoms with Crippen molar-refractivity contribution >= 4 is 38.7 Å². The number of sulfonamides is 1. The molecule has 4 aromatic rings. The number of nitrogens with zero attached hydrogens (tertiary/aromatic N) is 6. The van der Waals surface area contributed by atoms with Crippen LogP contribution in [0.5, 0.6) is 0 Å². The van der Waals surface area contributed by atoms with Gasteiger partial charge in [0.2, 0.25) is 10.0 Å². The van der Waals surface area contributed by atoms with Gasteiger partial charge in [-0.3, -0.25) is 4.79 Å². The summed E-state index contributed by atoms with van der Waals surface area (Å²) in [5.41, 5.74) is 3.84. The van der Waals surface area contributed by atoms with Gasteiger partial charge in [-0.2, -0.15) is 5.10 Å². The van der Waals surface area contributed by atoms with E-state index in [0.29, 0.717) is 34.8 Å². The van der Waals surface area contributed by atoms with E-state index < -0.39 is 15.3 Å². The zero-order valence-electron chi connectivity index (χ0n) is 22.7. The Hall–Kier alpha value is -3.81. The van der Waals surface area contributed by atoms with Gasteiger partial charge in [0, 0.05) is 43.6 Å². The van der Waals surface area contributed by atoms with E-state index in [0.717, 1.165) is 29.4 Å². The van der Waals surface area contributed by atoms with Crippen molar-refractivity contribution in [2.24, 2.45) is 0 Å². The number of pyridine rings is 1. The molecule has 0 saturated carbocycles. The van der Waals surface area contributed by atoms with Crippen LogP contribution in [0.4, 0.5) is 5.82 Å².